The Morgan fingerprint density at radius 2 is 2.09 bits per heavy atom. The number of hydrogen-bond donors (Lipinski definition) is 3. The highest BCUT2D eigenvalue weighted by Crippen LogP contribution is 2.18. The van der Waals surface area contributed by atoms with Gasteiger partial charge in [-0.15, -0.1) is 6.42 Å². The molecule has 0 fully saturated rings. The molecule has 0 aliphatic heterocycles. The maximum atomic E-state index is 12.1. The molecule has 124 valence electrons. The number of nitrogens with one attached hydrogen (secondary N) is 2. The first kappa shape index (κ1) is 18.7. The Kier molecular flexibility index (Phi) is 6.80. The minimum atomic E-state index is -0.452. The van der Waals surface area contributed by atoms with E-state index in [0.29, 0.717) is 17.7 Å². The first-order valence-corrected chi connectivity index (χ1v) is 7.52. The molecule has 0 saturated carbocycles. The summed E-state index contributed by atoms with van der Waals surface area (Å²) in [6.07, 6.45) is 5.55. The highest BCUT2D eigenvalue weighted by Gasteiger charge is 2.21. The van der Waals surface area contributed by atoms with E-state index in [1.54, 1.807) is 31.2 Å². The lowest BCUT2D eigenvalue weighted by Gasteiger charge is -2.21. The number of terminal acetylenes is 1. The standard InChI is InChI=1S/C18H24N2O3/c1-5-14-7-6-8-15(9-14)17(23)20-13(2)11-19-16(22)10-18(3,4)12-21/h1,6-9,13,21H,10-12H2,2-4H3,(H,19,22)(H,20,23)/t13-/m0/s1. The van der Waals surface area contributed by atoms with Crippen molar-refractivity contribution in [2.45, 2.75) is 33.2 Å². The van der Waals surface area contributed by atoms with Crippen molar-refractivity contribution in [3.8, 4) is 12.3 Å². The first-order valence-electron chi connectivity index (χ1n) is 7.52. The number of benzene rings is 1. The number of rotatable bonds is 7. The molecule has 5 nitrogen and oxygen atoms in total. The van der Waals surface area contributed by atoms with Gasteiger partial charge in [-0.3, -0.25) is 9.59 Å². The van der Waals surface area contributed by atoms with Gasteiger partial charge < -0.3 is 15.7 Å². The van der Waals surface area contributed by atoms with E-state index in [0.717, 1.165) is 0 Å². The predicted octanol–water partition coefficient (Wildman–Crippen LogP) is 1.31. The predicted molar refractivity (Wildman–Crippen MR) is 89.8 cm³/mol. The number of aliphatic hydroxyl groups excluding tert-OH is 1. The monoisotopic (exact) mass is 316 g/mol. The van der Waals surface area contributed by atoms with Crippen LogP contribution >= 0.6 is 0 Å². The van der Waals surface area contributed by atoms with Crippen molar-refractivity contribution in [3.63, 3.8) is 0 Å². The molecule has 1 aromatic rings. The molecule has 5 heteroatoms. The summed E-state index contributed by atoms with van der Waals surface area (Å²) >= 11 is 0. The van der Waals surface area contributed by atoms with Gasteiger partial charge in [-0.2, -0.15) is 0 Å². The molecule has 0 heterocycles. The zero-order valence-electron chi connectivity index (χ0n) is 13.8. The van der Waals surface area contributed by atoms with Gasteiger partial charge in [0.25, 0.3) is 5.91 Å². The summed E-state index contributed by atoms with van der Waals surface area (Å²) in [5, 5.41) is 14.7. The Hall–Kier alpha value is -2.32. The van der Waals surface area contributed by atoms with Crippen LogP contribution in [0.3, 0.4) is 0 Å². The Labute approximate surface area is 137 Å². The van der Waals surface area contributed by atoms with Crippen molar-refractivity contribution in [3.05, 3.63) is 35.4 Å². The van der Waals surface area contributed by atoms with Crippen molar-refractivity contribution >= 4 is 11.8 Å². The molecule has 0 bridgehead atoms. The summed E-state index contributed by atoms with van der Waals surface area (Å²) in [4.78, 5) is 23.9. The Bertz CT molecular complexity index is 603. The fraction of sp³-hybridized carbons (Fsp3) is 0.444. The van der Waals surface area contributed by atoms with Crippen molar-refractivity contribution in [2.75, 3.05) is 13.2 Å². The van der Waals surface area contributed by atoms with Crippen LogP contribution in [0, 0.1) is 17.8 Å². The van der Waals surface area contributed by atoms with E-state index < -0.39 is 5.41 Å². The molecule has 1 rings (SSSR count). The fourth-order valence-electron chi connectivity index (χ4n) is 1.93. The van der Waals surface area contributed by atoms with Crippen molar-refractivity contribution in [1.29, 1.82) is 0 Å². The second kappa shape index (κ2) is 8.35. The zero-order chi connectivity index (χ0) is 17.5. The molecule has 0 aromatic heterocycles. The summed E-state index contributed by atoms with van der Waals surface area (Å²) in [5.41, 5.74) is 0.677. The molecular weight excluding hydrogens is 292 g/mol. The summed E-state index contributed by atoms with van der Waals surface area (Å²) < 4.78 is 0. The van der Waals surface area contributed by atoms with Crippen LogP contribution in [-0.4, -0.2) is 36.1 Å². The largest absolute Gasteiger partial charge is 0.396 e. The van der Waals surface area contributed by atoms with E-state index in [2.05, 4.69) is 16.6 Å². The summed E-state index contributed by atoms with van der Waals surface area (Å²) in [6, 6.07) is 6.59. The van der Waals surface area contributed by atoms with Gasteiger partial charge in [0.15, 0.2) is 0 Å². The molecule has 1 aromatic carbocycles. The van der Waals surface area contributed by atoms with Gasteiger partial charge in [0, 0.05) is 36.7 Å². The smallest absolute Gasteiger partial charge is 0.251 e. The third-order valence-electron chi connectivity index (χ3n) is 3.34. The lowest BCUT2D eigenvalue weighted by atomic mass is 9.90. The fourth-order valence-corrected chi connectivity index (χ4v) is 1.93. The van der Waals surface area contributed by atoms with Gasteiger partial charge in [0.05, 0.1) is 0 Å². The number of aliphatic hydroxyl groups is 1. The first-order chi connectivity index (χ1) is 10.8. The van der Waals surface area contributed by atoms with Crippen LogP contribution < -0.4 is 10.6 Å². The lowest BCUT2D eigenvalue weighted by Crippen LogP contribution is -2.42. The van der Waals surface area contributed by atoms with E-state index >= 15 is 0 Å². The number of carbonyl (C=O) groups is 2. The van der Waals surface area contributed by atoms with Crippen LogP contribution in [0.4, 0.5) is 0 Å². The second-order valence-electron chi connectivity index (χ2n) is 6.40. The van der Waals surface area contributed by atoms with Crippen LogP contribution in [0.25, 0.3) is 0 Å². The van der Waals surface area contributed by atoms with Crippen LogP contribution in [-0.2, 0) is 4.79 Å². The third-order valence-corrected chi connectivity index (χ3v) is 3.34. The molecular formula is C18H24N2O3. The molecule has 3 N–H and O–H groups in total. The zero-order valence-corrected chi connectivity index (χ0v) is 13.8. The van der Waals surface area contributed by atoms with E-state index in [-0.39, 0.29) is 30.9 Å². The minimum absolute atomic E-state index is 0.0573. The van der Waals surface area contributed by atoms with Crippen LogP contribution in [0.5, 0.6) is 0 Å². The molecule has 0 aliphatic rings. The van der Waals surface area contributed by atoms with Crippen LogP contribution in [0.1, 0.15) is 43.1 Å². The normalized spacial score (nSPS) is 12.1. The summed E-state index contributed by atoms with van der Waals surface area (Å²) in [5.74, 6) is 2.10. The highest BCUT2D eigenvalue weighted by atomic mass is 16.3. The average molecular weight is 316 g/mol. The Morgan fingerprint density at radius 3 is 2.70 bits per heavy atom. The number of carbonyl (C=O) groups excluding carboxylic acids is 2. The summed E-state index contributed by atoms with van der Waals surface area (Å²) in [7, 11) is 0. The van der Waals surface area contributed by atoms with Gasteiger partial charge in [0.2, 0.25) is 5.91 Å². The average Bonchev–Trinajstić information content (AvgIpc) is 2.52. The molecule has 0 unspecified atom stereocenters. The number of amides is 2. The van der Waals surface area contributed by atoms with Gasteiger partial charge in [-0.1, -0.05) is 25.8 Å². The van der Waals surface area contributed by atoms with Crippen LogP contribution in [0.15, 0.2) is 24.3 Å². The van der Waals surface area contributed by atoms with E-state index in [9.17, 15) is 9.59 Å². The quantitative estimate of drug-likeness (QED) is 0.664. The maximum absolute atomic E-state index is 12.1. The van der Waals surface area contributed by atoms with Gasteiger partial charge in [-0.25, -0.2) is 0 Å². The van der Waals surface area contributed by atoms with E-state index in [1.165, 1.54) is 0 Å². The Balaban J connectivity index is 2.47. The van der Waals surface area contributed by atoms with Crippen molar-refractivity contribution in [2.24, 2.45) is 5.41 Å². The molecule has 2 amide bonds. The third kappa shape index (κ3) is 6.54. The van der Waals surface area contributed by atoms with Gasteiger partial charge in [0.1, 0.15) is 0 Å². The van der Waals surface area contributed by atoms with Crippen molar-refractivity contribution < 1.29 is 14.7 Å². The SMILES string of the molecule is C#Cc1cccc(C(=O)N[C@@H](C)CNC(=O)CC(C)(C)CO)c1. The van der Waals surface area contributed by atoms with Gasteiger partial charge in [-0.05, 0) is 30.5 Å². The minimum Gasteiger partial charge on any atom is -0.396 e. The van der Waals surface area contributed by atoms with Gasteiger partial charge >= 0.3 is 0 Å². The lowest BCUT2D eigenvalue weighted by molar-refractivity contribution is -0.123. The molecule has 23 heavy (non-hydrogen) atoms. The molecule has 0 spiro atoms. The topological polar surface area (TPSA) is 78.4 Å². The molecule has 0 saturated heterocycles. The molecule has 0 aliphatic carbocycles. The molecule has 1 atom stereocenters. The van der Waals surface area contributed by atoms with Crippen molar-refractivity contribution in [1.82, 2.24) is 10.6 Å². The molecule has 0 radical (unpaired) electrons. The highest BCUT2D eigenvalue weighted by molar-refractivity contribution is 5.94. The maximum Gasteiger partial charge on any atom is 0.251 e. The number of hydrogen-bond acceptors (Lipinski definition) is 3. The Morgan fingerprint density at radius 1 is 1.39 bits per heavy atom. The summed E-state index contributed by atoms with van der Waals surface area (Å²) in [6.45, 7) is 5.70. The second-order valence-corrected chi connectivity index (χ2v) is 6.40. The van der Waals surface area contributed by atoms with E-state index in [1.807, 2.05) is 13.8 Å². The van der Waals surface area contributed by atoms with Crippen LogP contribution in [0.2, 0.25) is 0 Å². The van der Waals surface area contributed by atoms with E-state index in [4.69, 9.17) is 11.5 Å².